The smallest absolute Gasteiger partial charge is 0.433 e. The molecule has 0 spiro atoms. The highest BCUT2D eigenvalue weighted by molar-refractivity contribution is 5.87. The maximum atomic E-state index is 13.6. The van der Waals surface area contributed by atoms with E-state index >= 15 is 0 Å². The minimum Gasteiger partial charge on any atom is -0.486 e. The molecular weight excluding hydrogens is 391 g/mol. The summed E-state index contributed by atoms with van der Waals surface area (Å²) in [7, 11) is 1.46. The van der Waals surface area contributed by atoms with Gasteiger partial charge in [0.1, 0.15) is 17.7 Å². The van der Waals surface area contributed by atoms with Crippen molar-refractivity contribution in [2.45, 2.75) is 26.1 Å². The number of carbonyl (C=O) groups is 1. The van der Waals surface area contributed by atoms with Crippen LogP contribution in [-0.4, -0.2) is 25.6 Å². The van der Waals surface area contributed by atoms with Gasteiger partial charge in [-0.15, -0.1) is 0 Å². The first kappa shape index (κ1) is 20.3. The number of rotatable bonds is 4. The standard InChI is InChI=1S/C19H16F3N3O4/c1-9(29-12-6-4-11(5-7-12)18(27)28)13-8-14-16(24-15(13)19(20,21)22)23-10(2)25(3)17(14)26/h4-9H,1-3H3,(H,27,28)/t9-/m0/s1. The summed E-state index contributed by atoms with van der Waals surface area (Å²) in [4.78, 5) is 30.9. The van der Waals surface area contributed by atoms with Crippen molar-refractivity contribution in [2.75, 3.05) is 0 Å². The molecule has 1 aromatic carbocycles. The summed E-state index contributed by atoms with van der Waals surface area (Å²) in [5, 5.41) is 8.86. The number of fused-ring (bicyclic) bond motifs is 1. The molecule has 2 heterocycles. The Labute approximate surface area is 162 Å². The number of carboxylic acid groups (broad SMARTS) is 1. The molecule has 10 heteroatoms. The van der Waals surface area contributed by atoms with E-state index in [1.165, 1.54) is 49.7 Å². The van der Waals surface area contributed by atoms with E-state index in [0.717, 1.165) is 6.07 Å². The van der Waals surface area contributed by atoms with Crippen LogP contribution in [0.15, 0.2) is 35.1 Å². The normalized spacial score (nSPS) is 12.8. The molecular formula is C19H16F3N3O4. The summed E-state index contributed by atoms with van der Waals surface area (Å²) < 4.78 is 47.6. The van der Waals surface area contributed by atoms with Crippen LogP contribution in [0.2, 0.25) is 0 Å². The molecule has 1 atom stereocenters. The van der Waals surface area contributed by atoms with E-state index in [-0.39, 0.29) is 33.7 Å². The van der Waals surface area contributed by atoms with E-state index in [1.54, 1.807) is 0 Å². The van der Waals surface area contributed by atoms with Gasteiger partial charge >= 0.3 is 12.1 Å². The summed E-state index contributed by atoms with van der Waals surface area (Å²) >= 11 is 0. The number of hydrogen-bond donors (Lipinski definition) is 1. The zero-order chi connectivity index (χ0) is 21.5. The van der Waals surface area contributed by atoms with Crippen LogP contribution in [0.25, 0.3) is 11.0 Å². The average Bonchev–Trinajstić information content (AvgIpc) is 2.65. The lowest BCUT2D eigenvalue weighted by molar-refractivity contribution is -0.142. The van der Waals surface area contributed by atoms with Crippen LogP contribution in [0.4, 0.5) is 13.2 Å². The fraction of sp³-hybridized carbons (Fsp3) is 0.263. The molecule has 0 bridgehead atoms. The van der Waals surface area contributed by atoms with Gasteiger partial charge in [0.2, 0.25) is 0 Å². The second-order valence-corrected chi connectivity index (χ2v) is 6.41. The molecule has 29 heavy (non-hydrogen) atoms. The number of ether oxygens (including phenoxy) is 1. The Morgan fingerprint density at radius 1 is 1.21 bits per heavy atom. The molecule has 0 aliphatic rings. The number of aromatic nitrogens is 3. The van der Waals surface area contributed by atoms with E-state index < -0.39 is 29.5 Å². The highest BCUT2D eigenvalue weighted by Gasteiger charge is 2.38. The summed E-state index contributed by atoms with van der Waals surface area (Å²) in [6, 6.07) is 6.32. The Hall–Kier alpha value is -3.43. The molecule has 0 aliphatic carbocycles. The fourth-order valence-corrected chi connectivity index (χ4v) is 2.80. The molecule has 0 amide bonds. The van der Waals surface area contributed by atoms with Gasteiger partial charge in [-0.1, -0.05) is 0 Å². The lowest BCUT2D eigenvalue weighted by atomic mass is 10.1. The average molecular weight is 407 g/mol. The molecule has 0 fully saturated rings. The highest BCUT2D eigenvalue weighted by Crippen LogP contribution is 2.35. The van der Waals surface area contributed by atoms with E-state index in [4.69, 9.17) is 9.84 Å². The third-order valence-electron chi connectivity index (χ3n) is 4.44. The van der Waals surface area contributed by atoms with E-state index in [9.17, 15) is 22.8 Å². The van der Waals surface area contributed by atoms with Gasteiger partial charge in [0.25, 0.3) is 5.56 Å². The number of halogens is 3. The van der Waals surface area contributed by atoms with Gasteiger partial charge in [0.05, 0.1) is 10.9 Å². The predicted molar refractivity (Wildman–Crippen MR) is 97.0 cm³/mol. The number of aromatic carboxylic acids is 1. The Morgan fingerprint density at radius 2 is 1.83 bits per heavy atom. The van der Waals surface area contributed by atoms with Crippen molar-refractivity contribution < 1.29 is 27.8 Å². The maximum Gasteiger partial charge on any atom is 0.433 e. The monoisotopic (exact) mass is 407 g/mol. The Kier molecular flexibility index (Phi) is 5.04. The highest BCUT2D eigenvalue weighted by atomic mass is 19.4. The molecule has 3 rings (SSSR count). The van der Waals surface area contributed by atoms with Gasteiger partial charge in [0, 0.05) is 12.6 Å². The number of aryl methyl sites for hydroxylation is 1. The zero-order valence-corrected chi connectivity index (χ0v) is 15.6. The van der Waals surface area contributed by atoms with Gasteiger partial charge < -0.3 is 9.84 Å². The minimum absolute atomic E-state index is 0.0123. The van der Waals surface area contributed by atoms with Crippen molar-refractivity contribution >= 4 is 17.0 Å². The molecule has 0 unspecified atom stereocenters. The number of carboxylic acids is 1. The van der Waals surface area contributed by atoms with Gasteiger partial charge in [-0.25, -0.2) is 14.8 Å². The lowest BCUT2D eigenvalue weighted by Gasteiger charge is -2.20. The number of hydrogen-bond acceptors (Lipinski definition) is 5. The number of nitrogens with zero attached hydrogens (tertiary/aromatic N) is 3. The van der Waals surface area contributed by atoms with Crippen LogP contribution in [0.1, 0.15) is 40.5 Å². The minimum atomic E-state index is -4.79. The van der Waals surface area contributed by atoms with Crippen molar-refractivity contribution in [3.8, 4) is 5.75 Å². The van der Waals surface area contributed by atoms with Crippen LogP contribution in [-0.2, 0) is 13.2 Å². The third kappa shape index (κ3) is 3.91. The van der Waals surface area contributed by atoms with Crippen molar-refractivity contribution in [1.82, 2.24) is 14.5 Å². The van der Waals surface area contributed by atoms with Crippen LogP contribution in [0.3, 0.4) is 0 Å². The Balaban J connectivity index is 2.10. The van der Waals surface area contributed by atoms with Gasteiger partial charge in [-0.05, 0) is 44.2 Å². The topological polar surface area (TPSA) is 94.3 Å². The fourth-order valence-electron chi connectivity index (χ4n) is 2.80. The van der Waals surface area contributed by atoms with Crippen LogP contribution in [0, 0.1) is 6.92 Å². The summed E-state index contributed by atoms with van der Waals surface area (Å²) in [6.07, 6.45) is -5.91. The number of pyridine rings is 1. The molecule has 0 saturated heterocycles. The summed E-state index contributed by atoms with van der Waals surface area (Å²) in [5.41, 5.74) is -2.32. The molecule has 0 saturated carbocycles. The Bertz CT molecular complexity index is 1150. The number of alkyl halides is 3. The third-order valence-corrected chi connectivity index (χ3v) is 4.44. The van der Waals surface area contributed by atoms with Crippen LogP contribution >= 0.6 is 0 Å². The lowest BCUT2D eigenvalue weighted by Crippen LogP contribution is -2.23. The van der Waals surface area contributed by atoms with Gasteiger partial charge in [0.15, 0.2) is 11.3 Å². The Morgan fingerprint density at radius 3 is 2.38 bits per heavy atom. The zero-order valence-electron chi connectivity index (χ0n) is 15.6. The molecule has 152 valence electrons. The van der Waals surface area contributed by atoms with Gasteiger partial charge in [-0.2, -0.15) is 13.2 Å². The first-order valence-electron chi connectivity index (χ1n) is 8.44. The first-order valence-corrected chi connectivity index (χ1v) is 8.44. The SMILES string of the molecule is Cc1nc2nc(C(F)(F)F)c([C@H](C)Oc3ccc(C(=O)O)cc3)cc2c(=O)n1C. The second-order valence-electron chi connectivity index (χ2n) is 6.41. The van der Waals surface area contributed by atoms with Crippen molar-refractivity contribution in [2.24, 2.45) is 7.05 Å². The first-order chi connectivity index (χ1) is 13.5. The summed E-state index contributed by atoms with van der Waals surface area (Å²) in [5.74, 6) is -0.731. The predicted octanol–water partition coefficient (Wildman–Crippen LogP) is 3.49. The summed E-state index contributed by atoms with van der Waals surface area (Å²) in [6.45, 7) is 2.88. The van der Waals surface area contributed by atoms with Crippen LogP contribution < -0.4 is 10.3 Å². The maximum absolute atomic E-state index is 13.6. The molecule has 3 aromatic rings. The van der Waals surface area contributed by atoms with E-state index in [0.29, 0.717) is 0 Å². The number of benzene rings is 1. The molecule has 1 N–H and O–H groups in total. The second kappa shape index (κ2) is 7.19. The van der Waals surface area contributed by atoms with Crippen molar-refractivity contribution in [1.29, 1.82) is 0 Å². The van der Waals surface area contributed by atoms with E-state index in [2.05, 4.69) is 9.97 Å². The largest absolute Gasteiger partial charge is 0.486 e. The molecule has 7 nitrogen and oxygen atoms in total. The molecule has 2 aromatic heterocycles. The van der Waals surface area contributed by atoms with E-state index in [1.807, 2.05) is 0 Å². The van der Waals surface area contributed by atoms with Crippen molar-refractivity contribution in [3.05, 3.63) is 63.3 Å². The quantitative estimate of drug-likeness (QED) is 0.712. The van der Waals surface area contributed by atoms with Crippen molar-refractivity contribution in [3.63, 3.8) is 0 Å². The molecule has 0 radical (unpaired) electrons. The van der Waals surface area contributed by atoms with Crippen LogP contribution in [0.5, 0.6) is 5.75 Å². The molecule has 0 aliphatic heterocycles. The van der Waals surface area contributed by atoms with Gasteiger partial charge in [-0.3, -0.25) is 9.36 Å².